The van der Waals surface area contributed by atoms with Gasteiger partial charge in [-0.05, 0) is 37.6 Å². The first-order valence-corrected chi connectivity index (χ1v) is 11.0. The van der Waals surface area contributed by atoms with E-state index in [4.69, 9.17) is 14.0 Å². The van der Waals surface area contributed by atoms with Crippen LogP contribution in [-0.2, 0) is 24.9 Å². The first kappa shape index (κ1) is 23.1. The minimum atomic E-state index is -0.443. The third-order valence-electron chi connectivity index (χ3n) is 5.72. The molecule has 0 saturated heterocycles. The lowest BCUT2D eigenvalue weighted by atomic mass is 10.0. The minimum Gasteiger partial charge on any atom is -0.496 e. The zero-order valence-corrected chi connectivity index (χ0v) is 19.7. The molecule has 0 radical (unpaired) electrons. The Labute approximate surface area is 198 Å². The molecule has 4 rings (SSSR count). The van der Waals surface area contributed by atoms with E-state index in [1.165, 1.54) is 0 Å². The Hall–Kier alpha value is -4.07. The molecule has 0 fully saturated rings. The number of nitrogens with zero attached hydrogens (tertiary/aromatic N) is 3. The number of imidazole rings is 1. The van der Waals surface area contributed by atoms with E-state index in [0.29, 0.717) is 18.1 Å². The summed E-state index contributed by atoms with van der Waals surface area (Å²) in [5.41, 5.74) is 3.49. The molecule has 1 N–H and O–H groups in total. The number of amides is 1. The smallest absolute Gasteiger partial charge is 0.225 e. The van der Waals surface area contributed by atoms with Gasteiger partial charge in [-0.3, -0.25) is 4.79 Å². The Balaban J connectivity index is 1.44. The zero-order valence-electron chi connectivity index (χ0n) is 19.7. The van der Waals surface area contributed by atoms with Crippen molar-refractivity contribution in [3.63, 3.8) is 0 Å². The van der Waals surface area contributed by atoms with E-state index in [2.05, 4.69) is 15.5 Å². The summed E-state index contributed by atoms with van der Waals surface area (Å²) < 4.78 is 18.4. The number of carbonyl (C=O) groups excluding carboxylic acids is 1. The maximum atomic E-state index is 13.0. The summed E-state index contributed by atoms with van der Waals surface area (Å²) in [5, 5.41) is 7.06. The second-order valence-electron chi connectivity index (χ2n) is 8.05. The Morgan fingerprint density at radius 2 is 1.91 bits per heavy atom. The quantitative estimate of drug-likeness (QED) is 0.405. The minimum absolute atomic E-state index is 0.122. The number of para-hydroxylation sites is 1. The van der Waals surface area contributed by atoms with Crippen LogP contribution in [0.15, 0.2) is 65.4 Å². The van der Waals surface area contributed by atoms with Gasteiger partial charge in [0.25, 0.3) is 0 Å². The van der Waals surface area contributed by atoms with Crippen LogP contribution in [0.4, 0.5) is 0 Å². The van der Waals surface area contributed by atoms with E-state index < -0.39 is 6.04 Å². The van der Waals surface area contributed by atoms with Crippen molar-refractivity contribution in [2.75, 3.05) is 7.11 Å². The van der Waals surface area contributed by atoms with E-state index in [-0.39, 0.29) is 12.3 Å². The Morgan fingerprint density at radius 3 is 2.56 bits per heavy atom. The summed E-state index contributed by atoms with van der Waals surface area (Å²) in [5.74, 6) is 2.76. The summed E-state index contributed by atoms with van der Waals surface area (Å²) in [6, 6.07) is 14.7. The number of nitrogens with one attached hydrogen (secondary N) is 1. The molecule has 1 atom stereocenters. The van der Waals surface area contributed by atoms with Crippen molar-refractivity contribution in [1.82, 2.24) is 20.0 Å². The average molecular weight is 461 g/mol. The standard InChI is InChI=1S/C26H28N4O4/c1-17-22(18(2)34-29-17)16-33-20-11-9-19(10-12-20)15-24(31)28-25(26-27-13-14-30(26)3)21-7-5-6-8-23(21)32-4/h5-14,25H,15-16H2,1-4H3,(H,28,31)/t25-/m0/s1. The summed E-state index contributed by atoms with van der Waals surface area (Å²) in [6.45, 7) is 4.13. The van der Waals surface area contributed by atoms with Gasteiger partial charge in [0.2, 0.25) is 5.91 Å². The van der Waals surface area contributed by atoms with Crippen molar-refractivity contribution in [1.29, 1.82) is 0 Å². The van der Waals surface area contributed by atoms with Gasteiger partial charge in [0, 0.05) is 25.0 Å². The second-order valence-corrected chi connectivity index (χ2v) is 8.05. The molecule has 0 aliphatic carbocycles. The summed E-state index contributed by atoms with van der Waals surface area (Å²) >= 11 is 0. The predicted molar refractivity (Wildman–Crippen MR) is 127 cm³/mol. The van der Waals surface area contributed by atoms with Crippen molar-refractivity contribution in [3.8, 4) is 11.5 Å². The van der Waals surface area contributed by atoms with Crippen LogP contribution in [0.1, 0.15) is 40.0 Å². The number of methoxy groups -OCH3 is 1. The molecule has 176 valence electrons. The lowest BCUT2D eigenvalue weighted by molar-refractivity contribution is -0.121. The molecule has 2 aromatic carbocycles. The van der Waals surface area contributed by atoms with Crippen molar-refractivity contribution in [2.24, 2.45) is 7.05 Å². The average Bonchev–Trinajstić information content (AvgIpc) is 3.41. The third kappa shape index (κ3) is 5.11. The molecule has 0 unspecified atom stereocenters. The van der Waals surface area contributed by atoms with Crippen LogP contribution in [0.2, 0.25) is 0 Å². The molecular formula is C26H28N4O4. The lowest BCUT2D eigenvalue weighted by Crippen LogP contribution is -2.32. The Kier molecular flexibility index (Phi) is 6.96. The number of hydrogen-bond donors (Lipinski definition) is 1. The molecule has 0 aliphatic rings. The van der Waals surface area contributed by atoms with Gasteiger partial charge < -0.3 is 23.9 Å². The lowest BCUT2D eigenvalue weighted by Gasteiger charge is -2.21. The number of ether oxygens (including phenoxy) is 2. The molecule has 0 saturated carbocycles. The van der Waals surface area contributed by atoms with Crippen LogP contribution in [0, 0.1) is 13.8 Å². The van der Waals surface area contributed by atoms with Crippen LogP contribution >= 0.6 is 0 Å². The monoisotopic (exact) mass is 460 g/mol. The number of aryl methyl sites for hydroxylation is 3. The highest BCUT2D eigenvalue weighted by atomic mass is 16.5. The second kappa shape index (κ2) is 10.2. The van der Waals surface area contributed by atoms with Gasteiger partial charge in [-0.15, -0.1) is 0 Å². The fourth-order valence-corrected chi connectivity index (χ4v) is 3.81. The van der Waals surface area contributed by atoms with Crippen molar-refractivity contribution in [2.45, 2.75) is 32.9 Å². The maximum absolute atomic E-state index is 13.0. The van der Waals surface area contributed by atoms with Gasteiger partial charge in [-0.25, -0.2) is 4.98 Å². The highest BCUT2D eigenvalue weighted by Crippen LogP contribution is 2.29. The number of rotatable bonds is 9. The molecule has 2 aromatic heterocycles. The third-order valence-corrected chi connectivity index (χ3v) is 5.72. The molecule has 1 amide bonds. The van der Waals surface area contributed by atoms with E-state index in [1.807, 2.05) is 80.2 Å². The first-order valence-electron chi connectivity index (χ1n) is 11.0. The Bertz CT molecular complexity index is 1240. The fraction of sp³-hybridized carbons (Fsp3) is 0.269. The molecule has 2 heterocycles. The molecule has 0 bridgehead atoms. The van der Waals surface area contributed by atoms with Gasteiger partial charge in [0.05, 0.1) is 24.8 Å². The summed E-state index contributed by atoms with van der Waals surface area (Å²) in [4.78, 5) is 17.5. The summed E-state index contributed by atoms with van der Waals surface area (Å²) in [6.07, 6.45) is 3.79. The molecule has 8 nitrogen and oxygen atoms in total. The van der Waals surface area contributed by atoms with Gasteiger partial charge in [0.15, 0.2) is 0 Å². The predicted octanol–water partition coefficient (Wildman–Crippen LogP) is 4.06. The van der Waals surface area contributed by atoms with Crippen LogP contribution in [0.5, 0.6) is 11.5 Å². The fourth-order valence-electron chi connectivity index (χ4n) is 3.81. The van der Waals surface area contributed by atoms with E-state index in [9.17, 15) is 4.79 Å². The SMILES string of the molecule is COc1ccccc1[C@H](NC(=O)Cc1ccc(OCc2c(C)noc2C)cc1)c1nccn1C. The van der Waals surface area contributed by atoms with Crippen molar-refractivity contribution >= 4 is 5.91 Å². The van der Waals surface area contributed by atoms with Crippen LogP contribution in [-0.4, -0.2) is 27.7 Å². The Morgan fingerprint density at radius 1 is 1.15 bits per heavy atom. The van der Waals surface area contributed by atoms with E-state index in [1.54, 1.807) is 13.3 Å². The highest BCUT2D eigenvalue weighted by molar-refractivity contribution is 5.79. The number of aromatic nitrogens is 3. The largest absolute Gasteiger partial charge is 0.496 e. The topological polar surface area (TPSA) is 91.4 Å². The molecule has 8 heteroatoms. The van der Waals surface area contributed by atoms with Gasteiger partial charge in [-0.2, -0.15) is 0 Å². The van der Waals surface area contributed by atoms with E-state index >= 15 is 0 Å². The van der Waals surface area contributed by atoms with Crippen LogP contribution in [0.3, 0.4) is 0 Å². The van der Waals surface area contributed by atoms with Crippen molar-refractivity contribution in [3.05, 3.63) is 94.9 Å². The number of carbonyl (C=O) groups is 1. The van der Waals surface area contributed by atoms with Gasteiger partial charge in [0.1, 0.15) is 35.7 Å². The van der Waals surface area contributed by atoms with E-state index in [0.717, 1.165) is 34.0 Å². The number of benzene rings is 2. The van der Waals surface area contributed by atoms with Gasteiger partial charge in [-0.1, -0.05) is 35.5 Å². The molecule has 34 heavy (non-hydrogen) atoms. The number of hydrogen-bond acceptors (Lipinski definition) is 6. The molecule has 0 spiro atoms. The zero-order chi connectivity index (χ0) is 24.1. The van der Waals surface area contributed by atoms with Crippen molar-refractivity contribution < 1.29 is 18.8 Å². The maximum Gasteiger partial charge on any atom is 0.225 e. The summed E-state index contributed by atoms with van der Waals surface area (Å²) in [7, 11) is 3.52. The highest BCUT2D eigenvalue weighted by Gasteiger charge is 2.23. The van der Waals surface area contributed by atoms with Crippen LogP contribution in [0.25, 0.3) is 0 Å². The normalized spacial score (nSPS) is 11.8. The van der Waals surface area contributed by atoms with Gasteiger partial charge >= 0.3 is 0 Å². The molecule has 0 aliphatic heterocycles. The first-order chi connectivity index (χ1) is 16.5. The molecular weight excluding hydrogens is 432 g/mol. The van der Waals surface area contributed by atoms with Crippen LogP contribution < -0.4 is 14.8 Å². The molecule has 4 aromatic rings.